The fourth-order valence-electron chi connectivity index (χ4n) is 8.58. The van der Waals surface area contributed by atoms with E-state index in [1.54, 1.807) is 0 Å². The average molecular weight is 818 g/mol. The average Bonchev–Trinajstić information content (AvgIpc) is 3.89. The van der Waals surface area contributed by atoms with Gasteiger partial charge in [-0.3, -0.25) is 0 Å². The van der Waals surface area contributed by atoms with E-state index in [0.717, 1.165) is 56.7 Å². The molecule has 11 aromatic rings. The lowest BCUT2D eigenvalue weighted by molar-refractivity contribution is 1.27. The van der Waals surface area contributed by atoms with Crippen LogP contribution in [0.25, 0.3) is 46.4 Å². The molecular weight excluding hydrogens is 779 g/mol. The molecule has 0 amide bonds. The number of benzene rings is 9. The van der Waals surface area contributed by atoms with Crippen molar-refractivity contribution >= 4 is 120 Å². The summed E-state index contributed by atoms with van der Waals surface area (Å²) in [5.74, 6) is 0. The topological polar surface area (TPSA) is 9.72 Å². The van der Waals surface area contributed by atoms with E-state index in [9.17, 15) is 0 Å². The first-order valence-electron chi connectivity index (χ1n) is 20.4. The largest absolute Gasteiger partial charge is 0.310 e. The van der Waals surface area contributed by atoms with Crippen LogP contribution in [0.2, 0.25) is 0 Å². The molecule has 0 radical (unpaired) electrons. The lowest BCUT2D eigenvalue weighted by Gasteiger charge is -2.30. The molecule has 0 N–H and O–H groups in total. The number of anilines is 9. The van der Waals surface area contributed by atoms with Crippen molar-refractivity contribution < 1.29 is 0 Å². The number of fused-ring (bicyclic) bond motifs is 6. The summed E-state index contributed by atoms with van der Waals surface area (Å²) in [7, 11) is 0. The van der Waals surface area contributed by atoms with Crippen molar-refractivity contribution in [3.05, 3.63) is 231 Å². The maximum absolute atomic E-state index is 4.04. The Morgan fingerprint density at radius 2 is 0.803 bits per heavy atom. The second-order valence-electron chi connectivity index (χ2n) is 15.0. The highest BCUT2D eigenvalue weighted by Gasteiger charge is 2.23. The van der Waals surface area contributed by atoms with Gasteiger partial charge in [-0.15, -0.1) is 22.7 Å². The summed E-state index contributed by atoms with van der Waals surface area (Å²) in [6.45, 7) is 4.04. The van der Waals surface area contributed by atoms with Crippen molar-refractivity contribution in [3.63, 3.8) is 0 Å². The third kappa shape index (κ3) is 6.70. The van der Waals surface area contributed by atoms with E-state index >= 15 is 0 Å². The monoisotopic (exact) mass is 817 g/mol. The molecule has 0 bridgehead atoms. The van der Waals surface area contributed by atoms with Crippen molar-refractivity contribution in [3.8, 4) is 0 Å². The number of hydrogen-bond donors (Lipinski definition) is 0. The molecule has 0 aliphatic heterocycles. The minimum Gasteiger partial charge on any atom is -0.310 e. The molecule has 11 rings (SSSR count). The van der Waals surface area contributed by atoms with E-state index in [4.69, 9.17) is 0 Å². The van der Waals surface area contributed by atoms with Crippen LogP contribution in [0.1, 0.15) is 5.56 Å². The van der Waals surface area contributed by atoms with Gasteiger partial charge in [-0.2, -0.15) is 0 Å². The SMILES string of the molecule is C=Cc1cccc(N(c2ccccc2)c2ccc3sc4cc(N(c5ccccc5)c5cc(N(c6ccccc6)c6ccccc6)c6c(c5)sc5ccccc56)ccc4c3c2)c1. The van der Waals surface area contributed by atoms with E-state index in [-0.39, 0.29) is 0 Å². The van der Waals surface area contributed by atoms with Crippen molar-refractivity contribution in [2.45, 2.75) is 0 Å². The van der Waals surface area contributed by atoms with E-state index in [1.807, 2.05) is 28.7 Å². The molecular formula is C56H39N3S2. The number of nitrogens with zero attached hydrogens (tertiary/aromatic N) is 3. The molecule has 290 valence electrons. The number of hydrogen-bond acceptors (Lipinski definition) is 5. The summed E-state index contributed by atoms with van der Waals surface area (Å²) < 4.78 is 5.01. The van der Waals surface area contributed by atoms with Gasteiger partial charge in [0.1, 0.15) is 0 Å². The van der Waals surface area contributed by atoms with Crippen molar-refractivity contribution in [1.29, 1.82) is 0 Å². The highest BCUT2D eigenvalue weighted by Crippen LogP contribution is 2.50. The van der Waals surface area contributed by atoms with Gasteiger partial charge in [0.25, 0.3) is 0 Å². The van der Waals surface area contributed by atoms with Gasteiger partial charge in [-0.05, 0) is 115 Å². The van der Waals surface area contributed by atoms with Gasteiger partial charge < -0.3 is 14.7 Å². The molecule has 5 heteroatoms. The Kier molecular flexibility index (Phi) is 9.38. The minimum atomic E-state index is 1.09. The van der Waals surface area contributed by atoms with Crippen LogP contribution >= 0.6 is 22.7 Å². The fourth-order valence-corrected chi connectivity index (χ4v) is 10.9. The van der Waals surface area contributed by atoms with Crippen molar-refractivity contribution in [1.82, 2.24) is 0 Å². The van der Waals surface area contributed by atoms with Crippen molar-refractivity contribution in [2.75, 3.05) is 14.7 Å². The highest BCUT2D eigenvalue weighted by atomic mass is 32.1. The molecule has 0 saturated heterocycles. The van der Waals surface area contributed by atoms with Crippen molar-refractivity contribution in [2.24, 2.45) is 0 Å². The maximum Gasteiger partial charge on any atom is 0.0575 e. The third-order valence-corrected chi connectivity index (χ3v) is 13.6. The predicted octanol–water partition coefficient (Wildman–Crippen LogP) is 17.5. The second kappa shape index (κ2) is 15.6. The standard InChI is InChI=1S/C56H39N3S2/c1-2-39-18-17-27-44(34-39)57(40-19-7-3-8-20-40)45-31-33-53-50(35-45)48-32-30-46(37-54(48)60-53)58(41-21-9-4-10-22-41)47-36-51(56-49-28-15-16-29-52(49)61-55(56)38-47)59(42-23-11-5-12-24-42)43-25-13-6-14-26-43/h2-38H,1H2. The molecule has 2 heterocycles. The zero-order valence-corrected chi connectivity index (χ0v) is 34.9. The molecule has 61 heavy (non-hydrogen) atoms. The number of thiophene rings is 2. The highest BCUT2D eigenvalue weighted by molar-refractivity contribution is 7.26. The maximum atomic E-state index is 4.04. The van der Waals surface area contributed by atoms with Gasteiger partial charge in [0.15, 0.2) is 0 Å². The molecule has 9 aromatic carbocycles. The normalized spacial score (nSPS) is 11.3. The molecule has 3 nitrogen and oxygen atoms in total. The summed E-state index contributed by atoms with van der Waals surface area (Å²) in [6.07, 6.45) is 1.91. The summed E-state index contributed by atoms with van der Waals surface area (Å²) in [4.78, 5) is 7.16. The Bertz CT molecular complexity index is 3300. The van der Waals surface area contributed by atoms with Gasteiger partial charge in [-0.25, -0.2) is 0 Å². The van der Waals surface area contributed by atoms with Gasteiger partial charge in [0, 0.05) is 85.8 Å². The Morgan fingerprint density at radius 1 is 0.311 bits per heavy atom. The second-order valence-corrected chi connectivity index (χ2v) is 17.2. The smallest absolute Gasteiger partial charge is 0.0575 e. The predicted molar refractivity (Wildman–Crippen MR) is 266 cm³/mol. The first kappa shape index (κ1) is 36.6. The Morgan fingerprint density at radius 3 is 1.46 bits per heavy atom. The molecule has 0 aliphatic carbocycles. The van der Waals surface area contributed by atoms with Crippen LogP contribution in [0.3, 0.4) is 0 Å². The Hall–Kier alpha value is -7.44. The molecule has 0 spiro atoms. The van der Waals surface area contributed by atoms with Gasteiger partial charge in [-0.1, -0.05) is 122 Å². The van der Waals surface area contributed by atoms with Crippen LogP contribution in [0.5, 0.6) is 0 Å². The zero-order valence-electron chi connectivity index (χ0n) is 33.2. The van der Waals surface area contributed by atoms with Gasteiger partial charge in [0.05, 0.1) is 5.69 Å². The third-order valence-electron chi connectivity index (χ3n) is 11.3. The van der Waals surface area contributed by atoms with Crippen LogP contribution in [0, 0.1) is 0 Å². The molecule has 0 saturated carbocycles. The summed E-state index contributed by atoms with van der Waals surface area (Å²) >= 11 is 3.70. The van der Waals surface area contributed by atoms with Gasteiger partial charge >= 0.3 is 0 Å². The van der Waals surface area contributed by atoms with Crippen LogP contribution < -0.4 is 14.7 Å². The van der Waals surface area contributed by atoms with Crippen LogP contribution in [0.15, 0.2) is 225 Å². The first-order chi connectivity index (χ1) is 30.2. The number of para-hydroxylation sites is 4. The van der Waals surface area contributed by atoms with E-state index < -0.39 is 0 Å². The lowest BCUT2D eigenvalue weighted by Crippen LogP contribution is -2.13. The molecule has 0 aliphatic rings. The minimum absolute atomic E-state index is 1.09. The molecule has 2 aromatic heterocycles. The molecule has 0 atom stereocenters. The summed E-state index contributed by atoms with van der Waals surface area (Å²) in [5, 5.41) is 5.00. The van der Waals surface area contributed by atoms with Crippen LogP contribution in [-0.4, -0.2) is 0 Å². The zero-order chi connectivity index (χ0) is 40.7. The fraction of sp³-hybridized carbons (Fsp3) is 0. The van der Waals surface area contributed by atoms with Gasteiger partial charge in [0.2, 0.25) is 0 Å². The quantitative estimate of drug-likeness (QED) is 0.136. The lowest BCUT2D eigenvalue weighted by atomic mass is 10.1. The molecule has 0 fully saturated rings. The van der Waals surface area contributed by atoms with E-state index in [2.05, 4.69) is 240 Å². The first-order valence-corrected chi connectivity index (χ1v) is 22.1. The number of rotatable bonds is 10. The Labute approximate surface area is 363 Å². The van der Waals surface area contributed by atoms with E-state index in [1.165, 1.54) is 40.3 Å². The summed E-state index contributed by atoms with van der Waals surface area (Å²) in [5.41, 5.74) is 11.1. The summed E-state index contributed by atoms with van der Waals surface area (Å²) in [6, 6.07) is 78.8. The van der Waals surface area contributed by atoms with Crippen LogP contribution in [0.4, 0.5) is 51.2 Å². The molecule has 0 unspecified atom stereocenters. The van der Waals surface area contributed by atoms with Crippen LogP contribution in [-0.2, 0) is 0 Å². The van der Waals surface area contributed by atoms with E-state index in [0.29, 0.717) is 0 Å². The Balaban J connectivity index is 1.10.